The van der Waals surface area contributed by atoms with Crippen LogP contribution in [0.2, 0.25) is 0 Å². The summed E-state index contributed by atoms with van der Waals surface area (Å²) in [5.41, 5.74) is 2.42. The number of nitrogens with one attached hydrogen (secondary N) is 1. The van der Waals surface area contributed by atoms with Crippen molar-refractivity contribution < 1.29 is 14.3 Å². The lowest BCUT2D eigenvalue weighted by Crippen LogP contribution is -2.58. The largest absolute Gasteiger partial charge is 0.494 e. The first kappa shape index (κ1) is 22.4. The smallest absolute Gasteiger partial charge is 0.250 e. The molecule has 8 heteroatoms. The Morgan fingerprint density at radius 3 is 2.69 bits per heavy atom. The number of benzene rings is 2. The van der Waals surface area contributed by atoms with Crippen LogP contribution in [-0.2, 0) is 15.3 Å². The summed E-state index contributed by atoms with van der Waals surface area (Å²) in [5, 5.41) is 5.86. The summed E-state index contributed by atoms with van der Waals surface area (Å²) in [6.07, 6.45) is 0. The summed E-state index contributed by atoms with van der Waals surface area (Å²) in [6, 6.07) is 15.3. The molecule has 1 aliphatic heterocycles. The third kappa shape index (κ3) is 4.52. The van der Waals surface area contributed by atoms with Gasteiger partial charge in [0, 0.05) is 16.7 Å². The maximum atomic E-state index is 13.1. The van der Waals surface area contributed by atoms with Crippen LogP contribution in [0, 0.1) is 0 Å². The van der Waals surface area contributed by atoms with Crippen molar-refractivity contribution in [1.82, 2.24) is 4.98 Å². The molecule has 2 heterocycles. The van der Waals surface area contributed by atoms with Gasteiger partial charge in [0.1, 0.15) is 16.3 Å². The molecule has 32 heavy (non-hydrogen) atoms. The number of carbonyl (C=O) groups is 2. The van der Waals surface area contributed by atoms with Crippen LogP contribution >= 0.6 is 23.1 Å². The highest BCUT2D eigenvalue weighted by atomic mass is 32.2. The number of hydrogen-bond donors (Lipinski definition) is 1. The minimum atomic E-state index is -0.951. The van der Waals surface area contributed by atoms with Crippen LogP contribution in [0.15, 0.2) is 53.9 Å². The molecule has 0 spiro atoms. The Kier molecular flexibility index (Phi) is 6.53. The molecule has 0 bridgehead atoms. The maximum absolute atomic E-state index is 13.1. The number of aromatic nitrogens is 1. The van der Waals surface area contributed by atoms with Gasteiger partial charge in [-0.25, -0.2) is 4.98 Å². The molecule has 1 N–H and O–H groups in total. The molecule has 0 unspecified atom stereocenters. The van der Waals surface area contributed by atoms with E-state index < -0.39 is 5.54 Å². The fourth-order valence-electron chi connectivity index (χ4n) is 3.57. The first-order chi connectivity index (χ1) is 15.4. The lowest BCUT2D eigenvalue weighted by Gasteiger charge is -2.42. The number of carbonyl (C=O) groups excluding carboxylic acids is 2. The molecule has 2 aromatic carbocycles. The first-order valence-corrected chi connectivity index (χ1v) is 12.4. The van der Waals surface area contributed by atoms with Gasteiger partial charge in [0.2, 0.25) is 11.8 Å². The van der Waals surface area contributed by atoms with Gasteiger partial charge in [-0.15, -0.1) is 23.1 Å². The number of para-hydroxylation sites is 2. The van der Waals surface area contributed by atoms with E-state index in [9.17, 15) is 9.59 Å². The molecule has 2 amide bonds. The highest BCUT2D eigenvalue weighted by Crippen LogP contribution is 2.37. The van der Waals surface area contributed by atoms with Crippen molar-refractivity contribution in [3.05, 3.63) is 59.6 Å². The summed E-state index contributed by atoms with van der Waals surface area (Å²) >= 11 is 3.09. The molecule has 0 radical (unpaired) electrons. The van der Waals surface area contributed by atoms with E-state index in [1.54, 1.807) is 30.1 Å². The number of fused-ring (bicyclic) bond motifs is 1. The maximum Gasteiger partial charge on any atom is 0.250 e. The average molecular weight is 468 g/mol. The lowest BCUT2D eigenvalue weighted by atomic mass is 9.96. The second kappa shape index (κ2) is 9.34. The van der Waals surface area contributed by atoms with Crippen molar-refractivity contribution in [2.24, 2.45) is 0 Å². The van der Waals surface area contributed by atoms with E-state index in [4.69, 9.17) is 9.72 Å². The zero-order valence-corrected chi connectivity index (χ0v) is 19.9. The van der Waals surface area contributed by atoms with Crippen LogP contribution in [0.1, 0.15) is 26.5 Å². The summed E-state index contributed by atoms with van der Waals surface area (Å²) in [6.45, 7) is 6.14. The van der Waals surface area contributed by atoms with Gasteiger partial charge in [-0.3, -0.25) is 14.5 Å². The molecule has 0 fully saturated rings. The third-order valence-corrected chi connectivity index (χ3v) is 7.09. The molecule has 1 aliphatic rings. The standard InChI is InChI=1S/C24H25N3O3S2/c1-4-30-18-11-9-16(10-12-18)22-25-17(14-32-22)13-31-15-21(28)27-20-8-6-5-7-19(20)26-23(29)24(27,2)3/h5-12,14H,4,13,15H2,1-3H3,(H,26,29). The van der Waals surface area contributed by atoms with Crippen LogP contribution in [0.4, 0.5) is 11.4 Å². The van der Waals surface area contributed by atoms with Crippen LogP contribution < -0.4 is 15.0 Å². The molecule has 6 nitrogen and oxygen atoms in total. The Hall–Kier alpha value is -2.84. The fraction of sp³-hybridized carbons (Fsp3) is 0.292. The van der Waals surface area contributed by atoms with Gasteiger partial charge < -0.3 is 10.1 Å². The first-order valence-electron chi connectivity index (χ1n) is 10.4. The van der Waals surface area contributed by atoms with Crippen LogP contribution in [0.3, 0.4) is 0 Å². The third-order valence-electron chi connectivity index (χ3n) is 5.20. The molecule has 166 valence electrons. The molecule has 0 saturated carbocycles. The van der Waals surface area contributed by atoms with Gasteiger partial charge in [-0.05, 0) is 57.2 Å². The number of amides is 2. The van der Waals surface area contributed by atoms with E-state index in [2.05, 4.69) is 5.32 Å². The van der Waals surface area contributed by atoms with Crippen LogP contribution in [-0.4, -0.2) is 34.7 Å². The van der Waals surface area contributed by atoms with Crippen LogP contribution in [0.25, 0.3) is 10.6 Å². The molecule has 1 aromatic heterocycles. The van der Waals surface area contributed by atoms with Gasteiger partial charge in [-0.2, -0.15) is 0 Å². The summed E-state index contributed by atoms with van der Waals surface area (Å²) in [4.78, 5) is 32.0. The zero-order valence-electron chi connectivity index (χ0n) is 18.3. The molecule has 3 aromatic rings. The number of anilines is 2. The van der Waals surface area contributed by atoms with E-state index in [0.717, 1.165) is 27.7 Å². The lowest BCUT2D eigenvalue weighted by molar-refractivity contribution is -0.125. The Morgan fingerprint density at radius 1 is 1.19 bits per heavy atom. The van der Waals surface area contributed by atoms with E-state index in [0.29, 0.717) is 18.0 Å². The fourth-order valence-corrected chi connectivity index (χ4v) is 5.27. The van der Waals surface area contributed by atoms with E-state index in [-0.39, 0.29) is 17.6 Å². The van der Waals surface area contributed by atoms with Crippen molar-refractivity contribution in [3.8, 4) is 16.3 Å². The van der Waals surface area contributed by atoms with Crippen molar-refractivity contribution in [3.63, 3.8) is 0 Å². The highest BCUT2D eigenvalue weighted by molar-refractivity contribution is 7.99. The summed E-state index contributed by atoms with van der Waals surface area (Å²) < 4.78 is 5.49. The minimum absolute atomic E-state index is 0.0933. The van der Waals surface area contributed by atoms with Gasteiger partial charge >= 0.3 is 0 Å². The van der Waals surface area contributed by atoms with E-state index >= 15 is 0 Å². The second-order valence-corrected chi connectivity index (χ2v) is 9.70. The van der Waals surface area contributed by atoms with Gasteiger partial charge in [0.05, 0.1) is 29.4 Å². The zero-order chi connectivity index (χ0) is 22.7. The number of ether oxygens (including phenoxy) is 1. The van der Waals surface area contributed by atoms with Crippen molar-refractivity contribution in [2.75, 3.05) is 22.6 Å². The topological polar surface area (TPSA) is 71.5 Å². The SMILES string of the molecule is CCOc1ccc(-c2nc(CSCC(=O)N3c4ccccc4NC(=O)C3(C)C)cs2)cc1. The Balaban J connectivity index is 1.40. The van der Waals surface area contributed by atoms with Gasteiger partial charge in [0.15, 0.2) is 0 Å². The van der Waals surface area contributed by atoms with Gasteiger partial charge in [0.25, 0.3) is 0 Å². The van der Waals surface area contributed by atoms with E-state index in [1.165, 1.54) is 11.8 Å². The quantitative estimate of drug-likeness (QED) is 0.517. The number of thiazole rings is 1. The van der Waals surface area contributed by atoms with Crippen LogP contribution in [0.5, 0.6) is 5.75 Å². The Morgan fingerprint density at radius 2 is 1.94 bits per heavy atom. The number of thioether (sulfide) groups is 1. The van der Waals surface area contributed by atoms with E-state index in [1.807, 2.05) is 60.8 Å². The average Bonchev–Trinajstić information content (AvgIpc) is 3.24. The molecule has 4 rings (SSSR count). The minimum Gasteiger partial charge on any atom is -0.494 e. The summed E-state index contributed by atoms with van der Waals surface area (Å²) in [5.74, 6) is 1.46. The second-order valence-electron chi connectivity index (χ2n) is 7.85. The highest BCUT2D eigenvalue weighted by Gasteiger charge is 2.43. The number of rotatable bonds is 7. The van der Waals surface area contributed by atoms with Gasteiger partial charge in [-0.1, -0.05) is 12.1 Å². The van der Waals surface area contributed by atoms with Crippen molar-refractivity contribution in [1.29, 1.82) is 0 Å². The van der Waals surface area contributed by atoms with Crippen molar-refractivity contribution in [2.45, 2.75) is 32.1 Å². The van der Waals surface area contributed by atoms with Crippen molar-refractivity contribution >= 4 is 46.3 Å². The number of nitrogens with zero attached hydrogens (tertiary/aromatic N) is 2. The predicted octanol–water partition coefficient (Wildman–Crippen LogP) is 5.21. The molecular formula is C24H25N3O3S2. The Bertz CT molecular complexity index is 1130. The Labute approximate surface area is 196 Å². The number of hydrogen-bond acceptors (Lipinski definition) is 6. The molecule has 0 aliphatic carbocycles. The normalized spacial score (nSPS) is 14.6. The molecule has 0 saturated heterocycles. The molecule has 0 atom stereocenters. The monoisotopic (exact) mass is 467 g/mol. The molecular weight excluding hydrogens is 442 g/mol. The summed E-state index contributed by atoms with van der Waals surface area (Å²) in [7, 11) is 0. The predicted molar refractivity (Wildman–Crippen MR) is 132 cm³/mol.